The van der Waals surface area contributed by atoms with Crippen LogP contribution in [-0.4, -0.2) is 44.8 Å². The van der Waals surface area contributed by atoms with Gasteiger partial charge in [-0.15, -0.1) is 10.2 Å². The largest absolute Gasteiger partial charge is 0.481 e. The van der Waals surface area contributed by atoms with Crippen LogP contribution in [-0.2, 0) is 14.3 Å². The molecule has 266 valence electrons. The maximum atomic E-state index is 13.5. The molecule has 2 N–H and O–H groups in total. The second-order valence-electron chi connectivity index (χ2n) is 18.6. The van der Waals surface area contributed by atoms with Crippen molar-refractivity contribution in [3.63, 3.8) is 0 Å². The number of nitrogens with one attached hydrogen (secondary N) is 1. The summed E-state index contributed by atoms with van der Waals surface area (Å²) in [4.78, 5) is 38.3. The van der Waals surface area contributed by atoms with Crippen molar-refractivity contribution in [2.75, 3.05) is 0 Å². The van der Waals surface area contributed by atoms with Crippen molar-refractivity contribution in [1.82, 2.24) is 15.5 Å². The van der Waals surface area contributed by atoms with Crippen LogP contribution in [0.5, 0.6) is 0 Å². The number of rotatable bonds is 7. The zero-order valence-electron chi connectivity index (χ0n) is 30.8. The van der Waals surface area contributed by atoms with E-state index >= 15 is 0 Å². The molecule has 9 heteroatoms. The highest BCUT2D eigenvalue weighted by Crippen LogP contribution is 2.76. The van der Waals surface area contributed by atoms with Crippen molar-refractivity contribution < 1.29 is 28.6 Å². The second-order valence-corrected chi connectivity index (χ2v) is 18.6. The third kappa shape index (κ3) is 5.09. The van der Waals surface area contributed by atoms with Crippen molar-refractivity contribution in [3.8, 4) is 0 Å². The first-order valence-corrected chi connectivity index (χ1v) is 18.4. The highest BCUT2D eigenvalue weighted by atomic mass is 16.5. The van der Waals surface area contributed by atoms with Crippen molar-refractivity contribution in [1.29, 1.82) is 0 Å². The SMILES string of the molecule is C=C(C)[C@@H]1CCC2(NC(=O)c3nnc(C)o3)CC[C@]3(C)C(CCC4C5(C)CCC(OC(=O)CC(C)(C)C(=O)O)C(C)(C)C5CC[C@]43C)C12. The van der Waals surface area contributed by atoms with Crippen LogP contribution in [0.25, 0.3) is 0 Å². The number of carboxylic acids is 1. The van der Waals surface area contributed by atoms with E-state index in [1.807, 2.05) is 0 Å². The Hall–Kier alpha value is -2.71. The molecule has 0 aromatic carbocycles. The van der Waals surface area contributed by atoms with Gasteiger partial charge in [0.15, 0.2) is 0 Å². The van der Waals surface area contributed by atoms with Crippen LogP contribution in [0, 0.1) is 63.6 Å². The van der Waals surface area contributed by atoms with E-state index in [9.17, 15) is 19.5 Å². The lowest BCUT2D eigenvalue weighted by atomic mass is 9.32. The molecule has 5 saturated carbocycles. The number of ether oxygens (including phenoxy) is 1. The summed E-state index contributed by atoms with van der Waals surface area (Å²) < 4.78 is 11.7. The van der Waals surface area contributed by atoms with Crippen LogP contribution in [0.15, 0.2) is 16.6 Å². The maximum Gasteiger partial charge on any atom is 0.309 e. The van der Waals surface area contributed by atoms with Gasteiger partial charge in [0.25, 0.3) is 0 Å². The van der Waals surface area contributed by atoms with Gasteiger partial charge in [0.2, 0.25) is 5.89 Å². The van der Waals surface area contributed by atoms with Gasteiger partial charge in [0.05, 0.1) is 11.8 Å². The van der Waals surface area contributed by atoms with E-state index in [0.717, 1.165) is 64.2 Å². The summed E-state index contributed by atoms with van der Waals surface area (Å²) in [6.45, 7) is 23.8. The average molecular weight is 666 g/mol. The number of aryl methyl sites for hydroxylation is 1. The quantitative estimate of drug-likeness (QED) is 0.222. The summed E-state index contributed by atoms with van der Waals surface area (Å²) >= 11 is 0. The molecule has 0 saturated heterocycles. The number of carbonyl (C=O) groups excluding carboxylic acids is 2. The van der Waals surface area contributed by atoms with Crippen LogP contribution in [0.4, 0.5) is 0 Å². The third-order valence-corrected chi connectivity index (χ3v) is 15.5. The average Bonchev–Trinajstić information content (AvgIpc) is 3.59. The molecule has 5 aliphatic rings. The van der Waals surface area contributed by atoms with Gasteiger partial charge in [0, 0.05) is 17.9 Å². The monoisotopic (exact) mass is 665 g/mol. The first-order chi connectivity index (χ1) is 22.2. The first-order valence-electron chi connectivity index (χ1n) is 18.4. The Balaban J connectivity index is 1.27. The smallest absolute Gasteiger partial charge is 0.309 e. The molecule has 6 rings (SSSR count). The van der Waals surface area contributed by atoms with Gasteiger partial charge in [-0.1, -0.05) is 46.8 Å². The standard InChI is InChI=1S/C39H59N3O6/c1-22(2)24-13-18-39(40-31(44)32-42-41-23(3)47-32)20-19-37(9)25(30(24)39)11-12-27-36(8)16-15-28(48-29(43)21-34(4,5)33(45)46)35(6,7)26(36)14-17-38(27,37)10/h24-28,30H,1,11-21H2,2-10H3,(H,40,44)(H,45,46)/t24-,25?,26?,27?,28?,30?,36?,37+,38+,39?/m0/s1. The Labute approximate surface area is 286 Å². The van der Waals surface area contributed by atoms with Gasteiger partial charge in [-0.05, 0) is 131 Å². The number of hydrogen-bond acceptors (Lipinski definition) is 7. The minimum atomic E-state index is -1.15. The third-order valence-electron chi connectivity index (χ3n) is 15.5. The van der Waals surface area contributed by atoms with Gasteiger partial charge in [-0.2, -0.15) is 0 Å². The first kappa shape index (κ1) is 35.1. The lowest BCUT2D eigenvalue weighted by Gasteiger charge is -2.73. The maximum absolute atomic E-state index is 13.5. The van der Waals surface area contributed by atoms with Gasteiger partial charge in [0.1, 0.15) is 6.10 Å². The van der Waals surface area contributed by atoms with E-state index in [1.54, 1.807) is 20.8 Å². The summed E-state index contributed by atoms with van der Waals surface area (Å²) in [7, 11) is 0. The zero-order valence-corrected chi connectivity index (χ0v) is 30.8. The molecule has 0 aliphatic heterocycles. The number of carboxylic acid groups (broad SMARTS) is 1. The number of aromatic nitrogens is 2. The molecular weight excluding hydrogens is 606 g/mol. The minimum Gasteiger partial charge on any atom is -0.481 e. The molecule has 48 heavy (non-hydrogen) atoms. The molecular formula is C39H59N3O6. The number of aliphatic carboxylic acids is 1. The summed E-state index contributed by atoms with van der Waals surface area (Å²) in [5.74, 6) is 0.865. The molecule has 1 aromatic rings. The summed E-state index contributed by atoms with van der Waals surface area (Å²) in [5, 5.41) is 21.0. The highest BCUT2D eigenvalue weighted by molar-refractivity contribution is 5.90. The normalized spacial score (nSPS) is 41.6. The zero-order chi connectivity index (χ0) is 35.2. The van der Waals surface area contributed by atoms with E-state index in [4.69, 9.17) is 9.15 Å². The number of allylic oxidation sites excluding steroid dienone is 1. The van der Waals surface area contributed by atoms with E-state index in [-0.39, 0.29) is 51.5 Å². The summed E-state index contributed by atoms with van der Waals surface area (Å²) in [5.41, 5.74) is -0.110. The Morgan fingerprint density at radius 1 is 0.938 bits per heavy atom. The number of esters is 1. The van der Waals surface area contributed by atoms with Crippen molar-refractivity contribution in [2.45, 2.75) is 145 Å². The summed E-state index contributed by atoms with van der Waals surface area (Å²) in [6.07, 6.45) is 9.94. The Morgan fingerprint density at radius 3 is 2.27 bits per heavy atom. The minimum absolute atomic E-state index is 0.0455. The molecule has 5 aliphatic carbocycles. The van der Waals surface area contributed by atoms with E-state index in [2.05, 4.69) is 63.6 Å². The number of amides is 1. The van der Waals surface area contributed by atoms with Crippen LogP contribution in [0.3, 0.4) is 0 Å². The Morgan fingerprint density at radius 2 is 1.65 bits per heavy atom. The van der Waals surface area contributed by atoms with Gasteiger partial charge in [-0.25, -0.2) is 0 Å². The molecule has 10 atom stereocenters. The van der Waals surface area contributed by atoms with Crippen molar-refractivity contribution in [3.05, 3.63) is 23.9 Å². The highest BCUT2D eigenvalue weighted by Gasteiger charge is 2.71. The van der Waals surface area contributed by atoms with Crippen LogP contribution in [0.1, 0.15) is 143 Å². The number of carbonyl (C=O) groups is 3. The van der Waals surface area contributed by atoms with E-state index in [0.29, 0.717) is 35.5 Å². The molecule has 7 unspecified atom stereocenters. The van der Waals surface area contributed by atoms with Crippen LogP contribution >= 0.6 is 0 Å². The van der Waals surface area contributed by atoms with Gasteiger partial charge in [-0.3, -0.25) is 14.4 Å². The predicted octanol–water partition coefficient (Wildman–Crippen LogP) is 7.93. The number of hydrogen-bond donors (Lipinski definition) is 2. The number of fused-ring (bicyclic) bond motifs is 7. The van der Waals surface area contributed by atoms with Crippen LogP contribution < -0.4 is 5.32 Å². The predicted molar refractivity (Wildman–Crippen MR) is 182 cm³/mol. The molecule has 9 nitrogen and oxygen atoms in total. The molecule has 0 bridgehead atoms. The van der Waals surface area contributed by atoms with Crippen molar-refractivity contribution in [2.24, 2.45) is 56.7 Å². The van der Waals surface area contributed by atoms with Crippen molar-refractivity contribution >= 4 is 17.8 Å². The fourth-order valence-corrected chi connectivity index (χ4v) is 12.9. The molecule has 5 fully saturated rings. The Bertz CT molecular complexity index is 1500. The summed E-state index contributed by atoms with van der Waals surface area (Å²) in [6, 6.07) is 0. The molecule has 0 radical (unpaired) electrons. The topological polar surface area (TPSA) is 132 Å². The van der Waals surface area contributed by atoms with Gasteiger partial charge < -0.3 is 19.6 Å². The molecule has 1 aromatic heterocycles. The fourth-order valence-electron chi connectivity index (χ4n) is 12.9. The Kier molecular flexibility index (Phi) is 8.35. The van der Waals surface area contributed by atoms with Crippen LogP contribution in [0.2, 0.25) is 0 Å². The molecule has 1 heterocycles. The van der Waals surface area contributed by atoms with Gasteiger partial charge >= 0.3 is 23.7 Å². The fraction of sp³-hybridized carbons (Fsp3) is 0.821. The van der Waals surface area contributed by atoms with E-state index < -0.39 is 17.4 Å². The number of nitrogens with zero attached hydrogens (tertiary/aromatic N) is 2. The molecule has 0 spiro atoms. The lowest BCUT2D eigenvalue weighted by molar-refractivity contribution is -0.246. The lowest BCUT2D eigenvalue weighted by Crippen LogP contribution is -2.69. The van der Waals surface area contributed by atoms with E-state index in [1.165, 1.54) is 5.57 Å². The second kappa shape index (κ2) is 11.4. The molecule has 1 amide bonds.